The average molecular weight is 431 g/mol. The van der Waals surface area contributed by atoms with Gasteiger partial charge in [0.15, 0.2) is 0 Å². The van der Waals surface area contributed by atoms with E-state index >= 15 is 0 Å². The van der Waals surface area contributed by atoms with Crippen molar-refractivity contribution in [3.05, 3.63) is 54.1 Å². The molecule has 0 aliphatic carbocycles. The minimum absolute atomic E-state index is 0.170. The number of methoxy groups -OCH3 is 1. The molecule has 9 nitrogen and oxygen atoms in total. The average Bonchev–Trinajstić information content (AvgIpc) is 3.22. The minimum Gasteiger partial charge on any atom is -0.467 e. The summed E-state index contributed by atoms with van der Waals surface area (Å²) in [7, 11) is 2.77. The van der Waals surface area contributed by atoms with Gasteiger partial charge >= 0.3 is 12.1 Å². The van der Waals surface area contributed by atoms with Gasteiger partial charge in [-0.1, -0.05) is 30.3 Å². The number of alkyl carbamates (subject to hydrolysis) is 1. The van der Waals surface area contributed by atoms with Crippen LogP contribution in [0.3, 0.4) is 0 Å². The third-order valence-corrected chi connectivity index (χ3v) is 4.52. The predicted molar refractivity (Wildman–Crippen MR) is 114 cm³/mol. The third-order valence-electron chi connectivity index (χ3n) is 4.52. The number of nitrogens with zero attached hydrogens (tertiary/aromatic N) is 2. The Balaban J connectivity index is 2.25. The van der Waals surface area contributed by atoms with Crippen molar-refractivity contribution < 1.29 is 23.9 Å². The highest BCUT2D eigenvalue weighted by Gasteiger charge is 2.34. The van der Waals surface area contributed by atoms with Crippen LogP contribution >= 0.6 is 0 Å². The molecule has 1 aromatic heterocycles. The van der Waals surface area contributed by atoms with E-state index in [1.165, 1.54) is 25.4 Å². The summed E-state index contributed by atoms with van der Waals surface area (Å²) < 4.78 is 10.2. The second kappa shape index (κ2) is 10.6. The highest BCUT2D eigenvalue weighted by atomic mass is 16.6. The van der Waals surface area contributed by atoms with E-state index in [0.29, 0.717) is 5.69 Å². The molecule has 0 saturated heterocycles. The first kappa shape index (κ1) is 23.9. The normalized spacial score (nSPS) is 13.1. The van der Waals surface area contributed by atoms with E-state index in [0.717, 1.165) is 5.56 Å². The maximum Gasteiger partial charge on any atom is 0.408 e. The molecule has 0 radical (unpaired) electrons. The zero-order chi connectivity index (χ0) is 23.0. The van der Waals surface area contributed by atoms with Crippen LogP contribution in [0.5, 0.6) is 0 Å². The summed E-state index contributed by atoms with van der Waals surface area (Å²) in [6.07, 6.45) is 2.84. The van der Waals surface area contributed by atoms with Gasteiger partial charge in [0.2, 0.25) is 5.91 Å². The Kier molecular flexibility index (Phi) is 8.18. The van der Waals surface area contributed by atoms with Crippen LogP contribution in [-0.4, -0.2) is 64.7 Å². The standard InChI is InChI=1S/C22H30N4O5/c1-22(2,3)31-21(29)25-17(11-15-9-7-6-8-10-15)19(27)26(4)18(20(28)30-5)12-16-13-23-14-24-16/h6-10,13-14,17-18H,11-12H2,1-5H3,(H,23,24)(H,25,29). The molecular weight excluding hydrogens is 400 g/mol. The van der Waals surface area contributed by atoms with Gasteiger partial charge in [-0.15, -0.1) is 0 Å². The van der Waals surface area contributed by atoms with E-state index in [4.69, 9.17) is 9.47 Å². The maximum atomic E-state index is 13.4. The Morgan fingerprint density at radius 3 is 2.39 bits per heavy atom. The van der Waals surface area contributed by atoms with Gasteiger partial charge in [0.05, 0.1) is 19.1 Å². The molecule has 0 bridgehead atoms. The smallest absolute Gasteiger partial charge is 0.408 e. The zero-order valence-corrected chi connectivity index (χ0v) is 18.5. The summed E-state index contributed by atoms with van der Waals surface area (Å²) in [5.41, 5.74) is 0.743. The minimum atomic E-state index is -0.936. The SMILES string of the molecule is COC(=O)C(Cc1c[nH]cn1)N(C)C(=O)C(Cc1ccccc1)NC(=O)OC(C)(C)C. The van der Waals surface area contributed by atoms with E-state index in [2.05, 4.69) is 15.3 Å². The van der Waals surface area contributed by atoms with Crippen molar-refractivity contribution in [1.29, 1.82) is 0 Å². The van der Waals surface area contributed by atoms with Crippen molar-refractivity contribution in [2.75, 3.05) is 14.2 Å². The molecule has 1 heterocycles. The quantitative estimate of drug-likeness (QED) is 0.620. The summed E-state index contributed by atoms with van der Waals surface area (Å²) >= 11 is 0. The molecular formula is C22H30N4O5. The molecule has 2 N–H and O–H groups in total. The number of esters is 1. The fourth-order valence-corrected chi connectivity index (χ4v) is 3.01. The highest BCUT2D eigenvalue weighted by molar-refractivity contribution is 5.90. The molecule has 2 unspecified atom stereocenters. The first-order valence-corrected chi connectivity index (χ1v) is 9.96. The highest BCUT2D eigenvalue weighted by Crippen LogP contribution is 2.13. The number of carbonyl (C=O) groups is 3. The number of likely N-dealkylation sites (N-methyl/N-ethyl adjacent to an activating group) is 1. The van der Waals surface area contributed by atoms with Gasteiger partial charge in [-0.25, -0.2) is 14.6 Å². The molecule has 0 aliphatic heterocycles. The number of benzene rings is 1. The Morgan fingerprint density at radius 1 is 1.16 bits per heavy atom. The van der Waals surface area contributed by atoms with E-state index in [9.17, 15) is 14.4 Å². The number of ether oxygens (including phenoxy) is 2. The van der Waals surface area contributed by atoms with Crippen LogP contribution in [0.15, 0.2) is 42.9 Å². The number of rotatable bonds is 8. The Bertz CT molecular complexity index is 862. The van der Waals surface area contributed by atoms with E-state index in [-0.39, 0.29) is 12.8 Å². The fraction of sp³-hybridized carbons (Fsp3) is 0.455. The number of imidazole rings is 1. The molecule has 0 saturated carbocycles. The molecule has 0 spiro atoms. The van der Waals surface area contributed by atoms with Crippen LogP contribution in [0.2, 0.25) is 0 Å². The number of carbonyl (C=O) groups excluding carboxylic acids is 3. The molecule has 9 heteroatoms. The number of aromatic amines is 1. The molecule has 2 atom stereocenters. The molecule has 0 fully saturated rings. The molecule has 2 amide bonds. The lowest BCUT2D eigenvalue weighted by molar-refractivity contribution is -0.152. The molecule has 168 valence electrons. The van der Waals surface area contributed by atoms with Crippen LogP contribution in [-0.2, 0) is 31.9 Å². The second-order valence-electron chi connectivity index (χ2n) is 8.14. The topological polar surface area (TPSA) is 114 Å². The Hall–Kier alpha value is -3.36. The van der Waals surface area contributed by atoms with Gasteiger partial charge in [-0.3, -0.25) is 4.79 Å². The van der Waals surface area contributed by atoms with E-state index < -0.39 is 35.7 Å². The van der Waals surface area contributed by atoms with E-state index in [1.54, 1.807) is 27.0 Å². The summed E-state index contributed by atoms with van der Waals surface area (Å²) in [5, 5.41) is 2.65. The van der Waals surface area contributed by atoms with Gasteiger partial charge in [-0.2, -0.15) is 0 Å². The maximum absolute atomic E-state index is 13.4. The largest absolute Gasteiger partial charge is 0.467 e. The predicted octanol–water partition coefficient (Wildman–Crippen LogP) is 2.09. The lowest BCUT2D eigenvalue weighted by atomic mass is 10.0. The summed E-state index contributed by atoms with van der Waals surface area (Å²) in [4.78, 5) is 46.4. The Labute approximate surface area is 182 Å². The van der Waals surface area contributed by atoms with Gasteiger partial charge in [0.25, 0.3) is 0 Å². The van der Waals surface area contributed by atoms with Crippen molar-refractivity contribution >= 4 is 18.0 Å². The first-order chi connectivity index (χ1) is 14.6. The van der Waals surface area contributed by atoms with Crippen molar-refractivity contribution in [2.24, 2.45) is 0 Å². The van der Waals surface area contributed by atoms with Crippen LogP contribution in [0.4, 0.5) is 4.79 Å². The Morgan fingerprint density at radius 2 is 1.84 bits per heavy atom. The van der Waals surface area contributed by atoms with Gasteiger partial charge in [0, 0.05) is 26.1 Å². The number of amides is 2. The number of aromatic nitrogens is 2. The fourth-order valence-electron chi connectivity index (χ4n) is 3.01. The molecule has 31 heavy (non-hydrogen) atoms. The third kappa shape index (κ3) is 7.44. The van der Waals surface area contributed by atoms with Crippen LogP contribution in [0.1, 0.15) is 32.0 Å². The van der Waals surface area contributed by atoms with Gasteiger partial charge in [0.1, 0.15) is 17.7 Å². The number of hydrogen-bond donors (Lipinski definition) is 2. The van der Waals surface area contributed by atoms with Crippen molar-refractivity contribution in [3.8, 4) is 0 Å². The lowest BCUT2D eigenvalue weighted by Crippen LogP contribution is -2.54. The van der Waals surface area contributed by atoms with Gasteiger partial charge < -0.3 is 24.7 Å². The van der Waals surface area contributed by atoms with Crippen molar-refractivity contribution in [1.82, 2.24) is 20.2 Å². The summed E-state index contributed by atoms with van der Waals surface area (Å²) in [5.74, 6) is -1.02. The number of nitrogens with one attached hydrogen (secondary N) is 2. The van der Waals surface area contributed by atoms with E-state index in [1.807, 2.05) is 30.3 Å². The monoisotopic (exact) mass is 430 g/mol. The van der Waals surface area contributed by atoms with Crippen molar-refractivity contribution in [3.63, 3.8) is 0 Å². The number of H-pyrrole nitrogens is 1. The number of hydrogen-bond acceptors (Lipinski definition) is 6. The van der Waals surface area contributed by atoms with Crippen LogP contribution in [0.25, 0.3) is 0 Å². The van der Waals surface area contributed by atoms with Crippen molar-refractivity contribution in [2.45, 2.75) is 51.3 Å². The molecule has 2 aromatic rings. The molecule has 2 rings (SSSR count). The zero-order valence-electron chi connectivity index (χ0n) is 18.5. The molecule has 0 aliphatic rings. The first-order valence-electron chi connectivity index (χ1n) is 9.96. The molecule has 1 aromatic carbocycles. The summed E-state index contributed by atoms with van der Waals surface area (Å²) in [6.45, 7) is 5.22. The van der Waals surface area contributed by atoms with Gasteiger partial charge in [-0.05, 0) is 26.3 Å². The van der Waals surface area contributed by atoms with Crippen LogP contribution in [0, 0.1) is 0 Å². The lowest BCUT2D eigenvalue weighted by Gasteiger charge is -2.30. The van der Waals surface area contributed by atoms with Crippen LogP contribution < -0.4 is 5.32 Å². The summed E-state index contributed by atoms with van der Waals surface area (Å²) in [6, 6.07) is 7.45. The second-order valence-corrected chi connectivity index (χ2v) is 8.14.